The summed E-state index contributed by atoms with van der Waals surface area (Å²) in [4.78, 5) is 22.5. The molecule has 1 aromatic carbocycles. The normalized spacial score (nSPS) is 15.5. The number of nitrogens with zero attached hydrogens (tertiary/aromatic N) is 1. The molecule has 0 aliphatic heterocycles. The van der Waals surface area contributed by atoms with Crippen LogP contribution in [-0.4, -0.2) is 17.0 Å². The maximum atomic E-state index is 12.0. The molecule has 114 valence electrons. The Morgan fingerprint density at radius 2 is 1.86 bits per heavy atom. The van der Waals surface area contributed by atoms with Crippen LogP contribution in [0.4, 0.5) is 16.2 Å². The summed E-state index contributed by atoms with van der Waals surface area (Å²) >= 11 is 0. The predicted molar refractivity (Wildman–Crippen MR) is 81.6 cm³/mol. The van der Waals surface area contributed by atoms with Gasteiger partial charge in [0.25, 0.3) is 5.69 Å². The maximum absolute atomic E-state index is 12.0. The van der Waals surface area contributed by atoms with Gasteiger partial charge in [0.05, 0.1) is 4.92 Å². The number of nitro groups is 1. The molecule has 1 aliphatic carbocycles. The highest BCUT2D eigenvalue weighted by atomic mass is 16.6. The minimum absolute atomic E-state index is 0.0748. The Bertz CT molecular complexity index is 551. The van der Waals surface area contributed by atoms with Gasteiger partial charge in [-0.05, 0) is 38.3 Å². The van der Waals surface area contributed by atoms with E-state index in [1.807, 2.05) is 0 Å². The van der Waals surface area contributed by atoms with Gasteiger partial charge >= 0.3 is 6.03 Å². The van der Waals surface area contributed by atoms with Gasteiger partial charge < -0.3 is 10.6 Å². The molecule has 0 radical (unpaired) electrons. The number of hydrogen-bond acceptors (Lipinski definition) is 3. The lowest BCUT2D eigenvalue weighted by atomic mass is 9.96. The second-order valence-corrected chi connectivity index (χ2v) is 5.64. The van der Waals surface area contributed by atoms with Crippen LogP contribution in [0.15, 0.2) is 12.1 Å². The number of nitro benzene ring substituents is 1. The molecule has 21 heavy (non-hydrogen) atoms. The second kappa shape index (κ2) is 6.56. The largest absolute Gasteiger partial charge is 0.335 e. The van der Waals surface area contributed by atoms with E-state index in [4.69, 9.17) is 0 Å². The Morgan fingerprint density at radius 1 is 1.19 bits per heavy atom. The lowest BCUT2D eigenvalue weighted by Crippen LogP contribution is -2.39. The number of hydrogen-bond donors (Lipinski definition) is 2. The number of nitrogens with one attached hydrogen (secondary N) is 2. The molecular formula is C15H21N3O3. The van der Waals surface area contributed by atoms with Crippen molar-refractivity contribution in [3.05, 3.63) is 33.4 Å². The first kappa shape index (κ1) is 15.3. The Kier molecular flexibility index (Phi) is 4.77. The number of amides is 2. The third-order valence-electron chi connectivity index (χ3n) is 3.93. The number of aryl methyl sites for hydroxylation is 2. The lowest BCUT2D eigenvalue weighted by molar-refractivity contribution is -0.385. The van der Waals surface area contributed by atoms with Crippen molar-refractivity contribution < 1.29 is 9.72 Å². The molecule has 2 N–H and O–H groups in total. The van der Waals surface area contributed by atoms with Gasteiger partial charge in [-0.1, -0.05) is 19.3 Å². The van der Waals surface area contributed by atoms with Gasteiger partial charge in [-0.25, -0.2) is 4.79 Å². The van der Waals surface area contributed by atoms with Gasteiger partial charge in [-0.15, -0.1) is 0 Å². The van der Waals surface area contributed by atoms with E-state index in [0.717, 1.165) is 25.7 Å². The number of urea groups is 1. The third-order valence-corrected chi connectivity index (χ3v) is 3.93. The highest BCUT2D eigenvalue weighted by molar-refractivity contribution is 5.90. The van der Waals surface area contributed by atoms with E-state index in [9.17, 15) is 14.9 Å². The van der Waals surface area contributed by atoms with E-state index in [1.54, 1.807) is 19.9 Å². The molecule has 0 unspecified atom stereocenters. The van der Waals surface area contributed by atoms with E-state index in [0.29, 0.717) is 16.8 Å². The minimum atomic E-state index is -0.409. The van der Waals surface area contributed by atoms with E-state index >= 15 is 0 Å². The van der Waals surface area contributed by atoms with E-state index in [2.05, 4.69) is 10.6 Å². The molecule has 1 aromatic rings. The third kappa shape index (κ3) is 3.93. The molecule has 0 saturated heterocycles. The molecule has 0 atom stereocenters. The molecule has 0 spiro atoms. The van der Waals surface area contributed by atoms with Crippen LogP contribution in [-0.2, 0) is 0 Å². The van der Waals surface area contributed by atoms with Crippen LogP contribution in [0.25, 0.3) is 0 Å². The molecule has 2 amide bonds. The van der Waals surface area contributed by atoms with Crippen molar-refractivity contribution in [2.24, 2.45) is 0 Å². The van der Waals surface area contributed by atoms with Crippen molar-refractivity contribution in [1.29, 1.82) is 0 Å². The Morgan fingerprint density at radius 3 is 2.48 bits per heavy atom. The standard InChI is InChI=1S/C15H21N3O3/c1-10-9-14(18(20)21)11(2)8-13(10)17-15(19)16-12-6-4-3-5-7-12/h8-9,12H,3-7H2,1-2H3,(H2,16,17,19). The summed E-state index contributed by atoms with van der Waals surface area (Å²) in [6.45, 7) is 3.42. The fraction of sp³-hybridized carbons (Fsp3) is 0.533. The van der Waals surface area contributed by atoms with Gasteiger partial charge in [-0.2, -0.15) is 0 Å². The highest BCUT2D eigenvalue weighted by Crippen LogP contribution is 2.26. The molecule has 1 saturated carbocycles. The van der Waals surface area contributed by atoms with Crippen LogP contribution < -0.4 is 10.6 Å². The van der Waals surface area contributed by atoms with Crippen molar-refractivity contribution in [3.8, 4) is 0 Å². The van der Waals surface area contributed by atoms with Gasteiger partial charge in [0.1, 0.15) is 0 Å². The molecule has 2 rings (SSSR count). The fourth-order valence-electron chi connectivity index (χ4n) is 2.72. The van der Waals surface area contributed by atoms with Crippen LogP contribution in [0, 0.1) is 24.0 Å². The quantitative estimate of drug-likeness (QED) is 0.658. The highest BCUT2D eigenvalue weighted by Gasteiger charge is 2.17. The minimum Gasteiger partial charge on any atom is -0.335 e. The first-order valence-electron chi connectivity index (χ1n) is 7.30. The Balaban J connectivity index is 2.03. The summed E-state index contributed by atoms with van der Waals surface area (Å²) in [6.07, 6.45) is 5.58. The molecular weight excluding hydrogens is 270 g/mol. The van der Waals surface area contributed by atoms with Crippen LogP contribution in [0.3, 0.4) is 0 Å². The van der Waals surface area contributed by atoms with Crippen LogP contribution in [0.2, 0.25) is 0 Å². The van der Waals surface area contributed by atoms with E-state index < -0.39 is 4.92 Å². The first-order chi connectivity index (χ1) is 9.97. The average molecular weight is 291 g/mol. The molecule has 1 aliphatic rings. The number of carbonyl (C=O) groups is 1. The molecule has 0 heterocycles. The van der Waals surface area contributed by atoms with Gasteiger partial charge in [-0.3, -0.25) is 10.1 Å². The smallest absolute Gasteiger partial charge is 0.319 e. The second-order valence-electron chi connectivity index (χ2n) is 5.64. The zero-order valence-electron chi connectivity index (χ0n) is 12.4. The number of rotatable bonds is 3. The maximum Gasteiger partial charge on any atom is 0.319 e. The van der Waals surface area contributed by atoms with Crippen molar-refractivity contribution in [2.75, 3.05) is 5.32 Å². The summed E-state index contributed by atoms with van der Waals surface area (Å²) < 4.78 is 0. The van der Waals surface area contributed by atoms with Crippen molar-refractivity contribution in [3.63, 3.8) is 0 Å². The molecule has 6 nitrogen and oxygen atoms in total. The first-order valence-corrected chi connectivity index (χ1v) is 7.30. The van der Waals surface area contributed by atoms with Crippen molar-refractivity contribution in [1.82, 2.24) is 5.32 Å². The summed E-state index contributed by atoms with van der Waals surface area (Å²) in [5.41, 5.74) is 1.92. The van der Waals surface area contributed by atoms with E-state index in [-0.39, 0.29) is 17.8 Å². The summed E-state index contributed by atoms with van der Waals surface area (Å²) in [7, 11) is 0. The monoisotopic (exact) mass is 291 g/mol. The van der Waals surface area contributed by atoms with Gasteiger partial charge in [0, 0.05) is 23.4 Å². The van der Waals surface area contributed by atoms with Gasteiger partial charge in [0.15, 0.2) is 0 Å². The van der Waals surface area contributed by atoms with Crippen molar-refractivity contribution in [2.45, 2.75) is 52.0 Å². The molecule has 0 aromatic heterocycles. The van der Waals surface area contributed by atoms with Crippen LogP contribution in [0.1, 0.15) is 43.2 Å². The van der Waals surface area contributed by atoms with E-state index in [1.165, 1.54) is 12.5 Å². The Labute approximate surface area is 124 Å². The SMILES string of the molecule is Cc1cc([N+](=O)[O-])c(C)cc1NC(=O)NC1CCCCC1. The predicted octanol–water partition coefficient (Wildman–Crippen LogP) is 3.67. The number of carbonyl (C=O) groups excluding carboxylic acids is 1. The Hall–Kier alpha value is -2.11. The summed E-state index contributed by atoms with van der Waals surface area (Å²) in [5, 5.41) is 16.6. The molecule has 1 fully saturated rings. The number of anilines is 1. The van der Waals surface area contributed by atoms with Crippen molar-refractivity contribution >= 4 is 17.4 Å². The zero-order valence-corrected chi connectivity index (χ0v) is 12.4. The zero-order chi connectivity index (χ0) is 15.4. The molecule has 6 heteroatoms. The molecule has 0 bridgehead atoms. The van der Waals surface area contributed by atoms with Crippen LogP contribution in [0.5, 0.6) is 0 Å². The number of benzene rings is 1. The summed E-state index contributed by atoms with van der Waals surface area (Å²) in [5.74, 6) is 0. The summed E-state index contributed by atoms with van der Waals surface area (Å²) in [6, 6.07) is 3.14. The average Bonchev–Trinajstić information content (AvgIpc) is 2.43. The van der Waals surface area contributed by atoms with Crippen LogP contribution >= 0.6 is 0 Å². The van der Waals surface area contributed by atoms with Gasteiger partial charge in [0.2, 0.25) is 0 Å². The lowest BCUT2D eigenvalue weighted by Gasteiger charge is -2.23. The fourth-order valence-corrected chi connectivity index (χ4v) is 2.72. The topological polar surface area (TPSA) is 84.3 Å².